The monoisotopic (exact) mass is 450 g/mol. The van der Waals surface area contributed by atoms with Gasteiger partial charge in [-0.1, -0.05) is 35.9 Å². The highest BCUT2D eigenvalue weighted by Gasteiger charge is 2.22. The van der Waals surface area contributed by atoms with Crippen LogP contribution in [0.3, 0.4) is 0 Å². The van der Waals surface area contributed by atoms with E-state index in [0.29, 0.717) is 22.9 Å². The molecular formula is C26H28ClFN4. The zero-order valence-electron chi connectivity index (χ0n) is 18.3. The number of nitrogens with zero attached hydrogens (tertiary/aromatic N) is 3. The highest BCUT2D eigenvalue weighted by atomic mass is 35.5. The van der Waals surface area contributed by atoms with Crippen molar-refractivity contribution in [2.45, 2.75) is 32.7 Å². The number of allylic oxidation sites excluding steroid dienone is 4. The summed E-state index contributed by atoms with van der Waals surface area (Å²) < 4.78 is 13.9. The average Bonchev–Trinajstić information content (AvgIpc) is 3.17. The fraction of sp³-hybridized carbons (Fsp3) is 0.308. The molecule has 1 fully saturated rings. The number of halogens is 2. The maximum atomic E-state index is 13.9. The molecule has 4 rings (SSSR count). The molecule has 1 aromatic heterocycles. The van der Waals surface area contributed by atoms with Crippen LogP contribution in [0.4, 0.5) is 4.39 Å². The van der Waals surface area contributed by atoms with Gasteiger partial charge >= 0.3 is 0 Å². The number of piperidine rings is 1. The Kier molecular flexibility index (Phi) is 7.18. The van der Waals surface area contributed by atoms with Crippen LogP contribution < -0.4 is 0 Å². The Balaban J connectivity index is 1.30. The number of hydrogen-bond acceptors (Lipinski definition) is 3. The van der Waals surface area contributed by atoms with Crippen molar-refractivity contribution in [3.05, 3.63) is 88.1 Å². The van der Waals surface area contributed by atoms with E-state index in [-0.39, 0.29) is 5.82 Å². The van der Waals surface area contributed by atoms with Gasteiger partial charge in [0.1, 0.15) is 11.6 Å². The molecule has 1 saturated heterocycles. The van der Waals surface area contributed by atoms with Gasteiger partial charge in [0.05, 0.1) is 17.6 Å². The third-order valence-corrected chi connectivity index (χ3v) is 6.24. The Morgan fingerprint density at radius 2 is 2.09 bits per heavy atom. The van der Waals surface area contributed by atoms with Crippen LogP contribution in [-0.4, -0.2) is 34.7 Å². The number of nitrogens with one attached hydrogen (secondary N) is 1. The topological polar surface area (TPSA) is 44.3 Å². The van der Waals surface area contributed by atoms with E-state index in [2.05, 4.69) is 46.7 Å². The van der Waals surface area contributed by atoms with E-state index in [0.717, 1.165) is 55.0 Å². The van der Waals surface area contributed by atoms with E-state index < -0.39 is 0 Å². The van der Waals surface area contributed by atoms with Crippen molar-refractivity contribution in [1.82, 2.24) is 14.9 Å². The number of aromatic amines is 1. The summed E-state index contributed by atoms with van der Waals surface area (Å²) in [6.45, 7) is 8.67. The van der Waals surface area contributed by atoms with Gasteiger partial charge in [0.25, 0.3) is 0 Å². The molecule has 1 N–H and O–H groups in total. The molecule has 0 saturated carbocycles. The molecule has 0 aliphatic carbocycles. The summed E-state index contributed by atoms with van der Waals surface area (Å²) in [6, 6.07) is 11.1. The Morgan fingerprint density at radius 3 is 2.84 bits per heavy atom. The number of hydrogen-bond donors (Lipinski definition) is 1. The van der Waals surface area contributed by atoms with Crippen molar-refractivity contribution in [3.63, 3.8) is 0 Å². The van der Waals surface area contributed by atoms with Crippen LogP contribution in [0.2, 0.25) is 5.02 Å². The minimum Gasteiger partial charge on any atom is -0.341 e. The van der Waals surface area contributed by atoms with Crippen molar-refractivity contribution in [2.24, 2.45) is 10.9 Å². The van der Waals surface area contributed by atoms with Crippen molar-refractivity contribution >= 4 is 29.4 Å². The quantitative estimate of drug-likeness (QED) is 0.341. The highest BCUT2D eigenvalue weighted by Crippen LogP contribution is 2.26. The molecule has 0 spiro atoms. The van der Waals surface area contributed by atoms with Gasteiger partial charge in [-0.05, 0) is 87.5 Å². The summed E-state index contributed by atoms with van der Waals surface area (Å²) in [5.41, 5.74) is 4.98. The van der Waals surface area contributed by atoms with E-state index in [1.54, 1.807) is 12.1 Å². The summed E-state index contributed by atoms with van der Waals surface area (Å²) >= 11 is 5.81. The smallest absolute Gasteiger partial charge is 0.128 e. The molecule has 1 aliphatic heterocycles. The number of aryl methyl sites for hydroxylation is 1. The number of H-pyrrole nitrogens is 1. The third-order valence-electron chi connectivity index (χ3n) is 6.00. The number of aromatic nitrogens is 2. The van der Waals surface area contributed by atoms with Crippen LogP contribution >= 0.6 is 11.6 Å². The van der Waals surface area contributed by atoms with Crippen LogP contribution in [-0.2, 0) is 13.0 Å². The number of fused-ring (bicyclic) bond motifs is 1. The molecule has 0 unspecified atom stereocenters. The van der Waals surface area contributed by atoms with E-state index in [1.807, 2.05) is 18.2 Å². The van der Waals surface area contributed by atoms with Crippen molar-refractivity contribution < 1.29 is 4.39 Å². The van der Waals surface area contributed by atoms with Crippen LogP contribution in [0.25, 0.3) is 11.0 Å². The molecule has 2 heterocycles. The Labute approximate surface area is 193 Å². The number of likely N-dealkylation sites (tertiary alicyclic amines) is 1. The molecule has 166 valence electrons. The van der Waals surface area contributed by atoms with E-state index in [4.69, 9.17) is 16.6 Å². The van der Waals surface area contributed by atoms with Crippen LogP contribution in [0, 0.1) is 18.7 Å². The normalized spacial score (nSPS) is 16.3. The van der Waals surface area contributed by atoms with Gasteiger partial charge < -0.3 is 4.98 Å². The van der Waals surface area contributed by atoms with Gasteiger partial charge in [-0.15, -0.1) is 0 Å². The Hall–Kier alpha value is -2.76. The minimum atomic E-state index is -0.278. The second-order valence-corrected chi connectivity index (χ2v) is 8.81. The Morgan fingerprint density at radius 1 is 1.28 bits per heavy atom. The number of imidazole rings is 1. The Bertz CT molecular complexity index is 1160. The second kappa shape index (κ2) is 10.2. The number of rotatable bonds is 7. The van der Waals surface area contributed by atoms with Gasteiger partial charge in [-0.2, -0.15) is 0 Å². The zero-order chi connectivity index (χ0) is 22.5. The largest absolute Gasteiger partial charge is 0.341 e. The molecule has 0 radical (unpaired) electrons. The first kappa shape index (κ1) is 22.4. The van der Waals surface area contributed by atoms with Crippen molar-refractivity contribution in [1.29, 1.82) is 0 Å². The summed E-state index contributed by atoms with van der Waals surface area (Å²) in [6.07, 6.45) is 8.46. The predicted molar refractivity (Wildman–Crippen MR) is 131 cm³/mol. The van der Waals surface area contributed by atoms with Gasteiger partial charge in [0.15, 0.2) is 0 Å². The SMILES string of the molecule is C=N/C(=C\C=C/Cc1ccc(Cl)cc1F)C1CCN(Cc2nc3ccc(C)cc3[nH]2)CC1. The van der Waals surface area contributed by atoms with Crippen LogP contribution in [0.1, 0.15) is 29.8 Å². The lowest BCUT2D eigenvalue weighted by Crippen LogP contribution is -2.34. The summed E-state index contributed by atoms with van der Waals surface area (Å²) in [5, 5.41) is 0.412. The van der Waals surface area contributed by atoms with E-state index in [9.17, 15) is 4.39 Å². The fourth-order valence-electron chi connectivity index (χ4n) is 4.22. The third kappa shape index (κ3) is 5.53. The van der Waals surface area contributed by atoms with Crippen molar-refractivity contribution in [3.8, 4) is 0 Å². The van der Waals surface area contributed by atoms with Gasteiger partial charge in [-0.25, -0.2) is 9.37 Å². The lowest BCUT2D eigenvalue weighted by Gasteiger charge is -2.31. The van der Waals surface area contributed by atoms with Gasteiger partial charge in [-0.3, -0.25) is 9.89 Å². The standard InChI is InChI=1S/C26H28ClFN4/c1-18-7-10-24-25(15-18)31-26(30-24)17-32-13-11-20(12-14-32)23(29-2)6-4-3-5-19-8-9-21(27)16-22(19)28/h3-4,6-10,15-16,20H,2,5,11-14,17H2,1H3,(H,30,31)/b4-3-,23-6-. The predicted octanol–water partition coefficient (Wildman–Crippen LogP) is 6.26. The van der Waals surface area contributed by atoms with E-state index in [1.165, 1.54) is 11.6 Å². The second-order valence-electron chi connectivity index (χ2n) is 8.37. The van der Waals surface area contributed by atoms with E-state index >= 15 is 0 Å². The number of aliphatic imine (C=N–C) groups is 1. The summed E-state index contributed by atoms with van der Waals surface area (Å²) in [7, 11) is 0. The van der Waals surface area contributed by atoms with Gasteiger partial charge in [0, 0.05) is 16.6 Å². The van der Waals surface area contributed by atoms with Crippen molar-refractivity contribution in [2.75, 3.05) is 13.1 Å². The first-order chi connectivity index (χ1) is 15.5. The molecule has 2 aromatic carbocycles. The first-order valence-electron chi connectivity index (χ1n) is 11.0. The molecule has 32 heavy (non-hydrogen) atoms. The highest BCUT2D eigenvalue weighted by molar-refractivity contribution is 6.30. The molecule has 4 nitrogen and oxygen atoms in total. The van der Waals surface area contributed by atoms with Crippen LogP contribution in [0.15, 0.2) is 65.3 Å². The lowest BCUT2D eigenvalue weighted by molar-refractivity contribution is 0.187. The summed E-state index contributed by atoms with van der Waals surface area (Å²) in [5.74, 6) is 1.12. The molecule has 6 heteroatoms. The first-order valence-corrected chi connectivity index (χ1v) is 11.3. The lowest BCUT2D eigenvalue weighted by atomic mass is 9.93. The molecular weight excluding hydrogens is 423 g/mol. The molecule has 0 bridgehead atoms. The zero-order valence-corrected chi connectivity index (χ0v) is 19.1. The maximum Gasteiger partial charge on any atom is 0.128 e. The molecule has 0 amide bonds. The molecule has 3 aromatic rings. The fourth-order valence-corrected chi connectivity index (χ4v) is 4.38. The number of benzene rings is 2. The molecule has 0 atom stereocenters. The van der Waals surface area contributed by atoms with Crippen LogP contribution in [0.5, 0.6) is 0 Å². The summed E-state index contributed by atoms with van der Waals surface area (Å²) in [4.78, 5) is 14.9. The maximum absolute atomic E-state index is 13.9. The minimum absolute atomic E-state index is 0.278. The average molecular weight is 451 g/mol. The molecule has 1 aliphatic rings. The van der Waals surface area contributed by atoms with Gasteiger partial charge in [0.2, 0.25) is 0 Å².